The predicted octanol–water partition coefficient (Wildman–Crippen LogP) is 4.27. The standard InChI is InChI=1S/C18H19ClN2O/c1-4-21-16-11-12(2)5-10-15(16)20-17(21)18(3,22)13-6-8-14(19)9-7-13/h5-11,22H,4H2,1-3H3. The number of aryl methyl sites for hydroxylation is 2. The second-order valence-corrected chi connectivity index (χ2v) is 6.19. The summed E-state index contributed by atoms with van der Waals surface area (Å²) in [5, 5.41) is 11.8. The predicted molar refractivity (Wildman–Crippen MR) is 90.3 cm³/mol. The molecule has 0 aliphatic carbocycles. The van der Waals surface area contributed by atoms with Gasteiger partial charge in [0.05, 0.1) is 11.0 Å². The Morgan fingerprint density at radius 1 is 1.18 bits per heavy atom. The summed E-state index contributed by atoms with van der Waals surface area (Å²) in [5.41, 5.74) is 2.73. The number of halogens is 1. The van der Waals surface area contributed by atoms with Crippen molar-refractivity contribution >= 4 is 22.6 Å². The number of aromatic nitrogens is 2. The van der Waals surface area contributed by atoms with Crippen LogP contribution in [0.25, 0.3) is 11.0 Å². The maximum Gasteiger partial charge on any atom is 0.146 e. The summed E-state index contributed by atoms with van der Waals surface area (Å²) in [6.07, 6.45) is 0. The summed E-state index contributed by atoms with van der Waals surface area (Å²) in [7, 11) is 0. The molecule has 0 aliphatic heterocycles. The quantitative estimate of drug-likeness (QED) is 0.784. The Kier molecular flexibility index (Phi) is 3.71. The van der Waals surface area contributed by atoms with Crippen molar-refractivity contribution in [1.29, 1.82) is 0 Å². The highest BCUT2D eigenvalue weighted by atomic mass is 35.5. The highest BCUT2D eigenvalue weighted by Gasteiger charge is 2.31. The summed E-state index contributed by atoms with van der Waals surface area (Å²) in [5.74, 6) is 0.651. The number of rotatable bonds is 3. The third kappa shape index (κ3) is 2.40. The molecule has 0 spiro atoms. The fourth-order valence-electron chi connectivity index (χ4n) is 2.83. The number of hydrogen-bond acceptors (Lipinski definition) is 2. The van der Waals surface area contributed by atoms with E-state index in [1.807, 2.05) is 24.3 Å². The van der Waals surface area contributed by atoms with Gasteiger partial charge in [-0.1, -0.05) is 29.8 Å². The average Bonchev–Trinajstić information content (AvgIpc) is 2.86. The zero-order valence-electron chi connectivity index (χ0n) is 13.0. The van der Waals surface area contributed by atoms with Crippen LogP contribution in [0, 0.1) is 6.92 Å². The molecule has 2 aromatic carbocycles. The van der Waals surface area contributed by atoms with Gasteiger partial charge in [0.2, 0.25) is 0 Å². The van der Waals surface area contributed by atoms with Gasteiger partial charge >= 0.3 is 0 Å². The van der Waals surface area contributed by atoms with Crippen molar-refractivity contribution in [2.75, 3.05) is 0 Å². The van der Waals surface area contributed by atoms with Gasteiger partial charge in [0, 0.05) is 11.6 Å². The van der Waals surface area contributed by atoms with Crippen molar-refractivity contribution in [3.05, 3.63) is 64.4 Å². The molecule has 0 radical (unpaired) electrons. The van der Waals surface area contributed by atoms with Gasteiger partial charge in [0.1, 0.15) is 11.4 Å². The highest BCUT2D eigenvalue weighted by Crippen LogP contribution is 2.32. The molecule has 3 rings (SSSR count). The lowest BCUT2D eigenvalue weighted by Gasteiger charge is -2.24. The van der Waals surface area contributed by atoms with Crippen LogP contribution in [-0.4, -0.2) is 14.7 Å². The minimum absolute atomic E-state index is 0.651. The van der Waals surface area contributed by atoms with Crippen LogP contribution < -0.4 is 0 Å². The molecule has 3 aromatic rings. The molecule has 0 amide bonds. The lowest BCUT2D eigenvalue weighted by molar-refractivity contribution is 0.0887. The molecule has 0 aliphatic rings. The van der Waals surface area contributed by atoms with Crippen LogP contribution in [0.1, 0.15) is 30.8 Å². The fraction of sp³-hybridized carbons (Fsp3) is 0.278. The molecule has 1 heterocycles. The molecular weight excluding hydrogens is 296 g/mol. The summed E-state index contributed by atoms with van der Waals surface area (Å²) < 4.78 is 2.07. The molecular formula is C18H19ClN2O. The maximum atomic E-state index is 11.1. The minimum atomic E-state index is -1.17. The number of fused-ring (bicyclic) bond motifs is 1. The van der Waals surface area contributed by atoms with Gasteiger partial charge in [-0.2, -0.15) is 0 Å². The molecule has 0 fully saturated rings. The molecule has 0 saturated heterocycles. The number of benzene rings is 2. The second-order valence-electron chi connectivity index (χ2n) is 5.75. The third-order valence-corrected chi connectivity index (χ3v) is 4.31. The number of hydrogen-bond donors (Lipinski definition) is 1. The van der Waals surface area contributed by atoms with E-state index in [0.29, 0.717) is 10.8 Å². The highest BCUT2D eigenvalue weighted by molar-refractivity contribution is 6.30. The minimum Gasteiger partial charge on any atom is -0.377 e. The largest absolute Gasteiger partial charge is 0.377 e. The van der Waals surface area contributed by atoms with Crippen molar-refractivity contribution in [3.63, 3.8) is 0 Å². The Hall–Kier alpha value is -1.84. The molecule has 1 atom stereocenters. The van der Waals surface area contributed by atoms with Gasteiger partial charge < -0.3 is 9.67 Å². The van der Waals surface area contributed by atoms with Gasteiger partial charge in [-0.3, -0.25) is 0 Å². The van der Waals surface area contributed by atoms with E-state index in [9.17, 15) is 5.11 Å². The van der Waals surface area contributed by atoms with E-state index in [4.69, 9.17) is 11.6 Å². The molecule has 3 nitrogen and oxygen atoms in total. The van der Waals surface area contributed by atoms with E-state index in [2.05, 4.69) is 29.5 Å². The second kappa shape index (κ2) is 5.41. The monoisotopic (exact) mass is 314 g/mol. The topological polar surface area (TPSA) is 38.0 Å². The molecule has 0 saturated carbocycles. The first-order valence-electron chi connectivity index (χ1n) is 7.39. The van der Waals surface area contributed by atoms with Crippen LogP contribution in [0.4, 0.5) is 0 Å². The van der Waals surface area contributed by atoms with E-state index in [1.54, 1.807) is 19.1 Å². The number of aliphatic hydroxyl groups is 1. The Morgan fingerprint density at radius 3 is 2.50 bits per heavy atom. The van der Waals surface area contributed by atoms with Crippen LogP contribution in [0.5, 0.6) is 0 Å². The molecule has 1 N–H and O–H groups in total. The van der Waals surface area contributed by atoms with Crippen molar-refractivity contribution < 1.29 is 5.11 Å². The molecule has 1 aromatic heterocycles. The molecule has 0 bridgehead atoms. The number of nitrogens with zero attached hydrogens (tertiary/aromatic N) is 2. The SMILES string of the molecule is CCn1c(C(C)(O)c2ccc(Cl)cc2)nc2ccc(C)cc21. The van der Waals surface area contributed by atoms with Gasteiger partial charge in [-0.25, -0.2) is 4.98 Å². The zero-order valence-corrected chi connectivity index (χ0v) is 13.7. The first-order chi connectivity index (χ1) is 10.4. The lowest BCUT2D eigenvalue weighted by atomic mass is 9.95. The lowest BCUT2D eigenvalue weighted by Crippen LogP contribution is -2.27. The van der Waals surface area contributed by atoms with Crippen molar-refractivity contribution in [3.8, 4) is 0 Å². The smallest absolute Gasteiger partial charge is 0.146 e. The molecule has 1 unspecified atom stereocenters. The Balaban J connectivity index is 2.21. The fourth-order valence-corrected chi connectivity index (χ4v) is 2.95. The first kappa shape index (κ1) is 15.1. The number of imidazole rings is 1. The first-order valence-corrected chi connectivity index (χ1v) is 7.77. The van der Waals surface area contributed by atoms with Crippen LogP contribution in [0.3, 0.4) is 0 Å². The van der Waals surface area contributed by atoms with Crippen LogP contribution in [0.15, 0.2) is 42.5 Å². The van der Waals surface area contributed by atoms with Crippen molar-refractivity contribution in [2.45, 2.75) is 32.9 Å². The van der Waals surface area contributed by atoms with Gasteiger partial charge in [0.25, 0.3) is 0 Å². The van der Waals surface area contributed by atoms with E-state index >= 15 is 0 Å². The Morgan fingerprint density at radius 2 is 1.86 bits per heavy atom. The summed E-state index contributed by atoms with van der Waals surface area (Å²) >= 11 is 5.95. The molecule has 114 valence electrons. The molecule has 22 heavy (non-hydrogen) atoms. The van der Waals surface area contributed by atoms with E-state index < -0.39 is 5.60 Å². The van der Waals surface area contributed by atoms with Crippen LogP contribution >= 0.6 is 11.6 Å². The summed E-state index contributed by atoms with van der Waals surface area (Å²) in [6.45, 7) is 6.64. The Labute approximate surface area is 135 Å². The maximum absolute atomic E-state index is 11.1. The molecule has 4 heteroatoms. The van der Waals surface area contributed by atoms with Crippen LogP contribution in [0.2, 0.25) is 5.02 Å². The average molecular weight is 315 g/mol. The van der Waals surface area contributed by atoms with Crippen molar-refractivity contribution in [1.82, 2.24) is 9.55 Å². The van der Waals surface area contributed by atoms with E-state index in [0.717, 1.165) is 23.1 Å². The zero-order chi connectivity index (χ0) is 15.9. The summed E-state index contributed by atoms with van der Waals surface area (Å²) in [4.78, 5) is 4.68. The van der Waals surface area contributed by atoms with Crippen LogP contribution in [-0.2, 0) is 12.1 Å². The van der Waals surface area contributed by atoms with Gasteiger partial charge in [-0.05, 0) is 56.2 Å². The van der Waals surface area contributed by atoms with E-state index in [-0.39, 0.29) is 0 Å². The third-order valence-electron chi connectivity index (χ3n) is 4.06. The summed E-state index contributed by atoms with van der Waals surface area (Å²) in [6, 6.07) is 13.4. The normalized spacial score (nSPS) is 14.2. The van der Waals surface area contributed by atoms with Gasteiger partial charge in [-0.15, -0.1) is 0 Å². The van der Waals surface area contributed by atoms with Crippen molar-refractivity contribution in [2.24, 2.45) is 0 Å². The van der Waals surface area contributed by atoms with E-state index in [1.165, 1.54) is 5.56 Å². The Bertz CT molecular complexity index is 819. The van der Waals surface area contributed by atoms with Gasteiger partial charge in [0.15, 0.2) is 0 Å².